The molecule has 0 heterocycles. The molecule has 1 saturated carbocycles. The Hall–Kier alpha value is -1.89. The van der Waals surface area contributed by atoms with E-state index >= 15 is 0 Å². The maximum Gasteiger partial charge on any atom is 0.311 e. The van der Waals surface area contributed by atoms with Gasteiger partial charge in [0.15, 0.2) is 0 Å². The van der Waals surface area contributed by atoms with Crippen LogP contribution in [0.1, 0.15) is 25.7 Å². The summed E-state index contributed by atoms with van der Waals surface area (Å²) in [6.07, 6.45) is 2.64. The number of nitrogens with zero attached hydrogens (tertiary/aromatic N) is 1. The second-order valence-corrected chi connectivity index (χ2v) is 5.59. The summed E-state index contributed by atoms with van der Waals surface area (Å²) in [6.45, 7) is 0.0468. The van der Waals surface area contributed by atoms with E-state index in [0.717, 1.165) is 25.0 Å². The maximum absolute atomic E-state index is 13.3. The van der Waals surface area contributed by atoms with Crippen LogP contribution in [-0.2, 0) is 4.79 Å². The van der Waals surface area contributed by atoms with Crippen LogP contribution >= 0.6 is 11.6 Å². The molecule has 1 aromatic rings. The predicted molar refractivity (Wildman–Crippen MR) is 75.1 cm³/mol. The molecule has 0 atom stereocenters. The van der Waals surface area contributed by atoms with Crippen LogP contribution in [0.5, 0.6) is 0 Å². The van der Waals surface area contributed by atoms with Gasteiger partial charge in [0.25, 0.3) is 5.69 Å². The van der Waals surface area contributed by atoms with Crippen molar-refractivity contribution < 1.29 is 19.2 Å². The van der Waals surface area contributed by atoms with Crippen LogP contribution in [0.4, 0.5) is 15.8 Å². The molecule has 0 saturated heterocycles. The molecule has 0 bridgehead atoms. The number of carbonyl (C=O) groups is 1. The predicted octanol–water partition coefficient (Wildman–Crippen LogP) is 3.44. The molecule has 114 valence electrons. The molecule has 0 radical (unpaired) electrons. The van der Waals surface area contributed by atoms with Crippen molar-refractivity contribution in [2.24, 2.45) is 5.41 Å². The Morgan fingerprint density at radius 3 is 2.62 bits per heavy atom. The van der Waals surface area contributed by atoms with Gasteiger partial charge in [0.2, 0.25) is 0 Å². The fourth-order valence-corrected chi connectivity index (χ4v) is 2.78. The first-order valence-corrected chi connectivity index (χ1v) is 6.84. The van der Waals surface area contributed by atoms with Crippen LogP contribution in [0.25, 0.3) is 0 Å². The molecule has 8 heteroatoms. The number of anilines is 1. The highest BCUT2D eigenvalue weighted by atomic mass is 35.5. The fourth-order valence-electron chi connectivity index (χ4n) is 2.61. The Balaban J connectivity index is 2.25. The number of halogens is 2. The number of carboxylic acids is 1. The van der Waals surface area contributed by atoms with Gasteiger partial charge in [-0.25, -0.2) is 4.39 Å². The molecule has 1 aromatic carbocycles. The molecule has 0 amide bonds. The van der Waals surface area contributed by atoms with Crippen molar-refractivity contribution in [2.75, 3.05) is 11.9 Å². The Labute approximate surface area is 125 Å². The van der Waals surface area contributed by atoms with E-state index in [9.17, 15) is 24.4 Å². The van der Waals surface area contributed by atoms with E-state index < -0.39 is 27.8 Å². The van der Waals surface area contributed by atoms with Crippen molar-refractivity contribution in [3.05, 3.63) is 33.1 Å². The minimum Gasteiger partial charge on any atom is -0.481 e. The number of hydrogen-bond donors (Lipinski definition) is 2. The smallest absolute Gasteiger partial charge is 0.311 e. The summed E-state index contributed by atoms with van der Waals surface area (Å²) in [4.78, 5) is 21.6. The number of nitro groups is 1. The highest BCUT2D eigenvalue weighted by molar-refractivity contribution is 6.31. The average molecular weight is 317 g/mol. The lowest BCUT2D eigenvalue weighted by atomic mass is 9.86. The Bertz CT molecular complexity index is 588. The van der Waals surface area contributed by atoms with Crippen LogP contribution in [0, 0.1) is 21.3 Å². The zero-order valence-electron chi connectivity index (χ0n) is 11.1. The second kappa shape index (κ2) is 5.85. The van der Waals surface area contributed by atoms with E-state index in [1.165, 1.54) is 0 Å². The molecule has 21 heavy (non-hydrogen) atoms. The van der Waals surface area contributed by atoms with Gasteiger partial charge in [-0.3, -0.25) is 14.9 Å². The summed E-state index contributed by atoms with van der Waals surface area (Å²) in [5.41, 5.74) is -1.37. The number of aliphatic carboxylic acids is 1. The molecule has 2 rings (SSSR count). The standard InChI is InChI=1S/C13H14ClFN2O4/c14-8-5-10(11(17(20)21)6-9(8)15)16-7-13(12(18)19)3-1-2-4-13/h5-6,16H,1-4,7H2,(H,18,19). The van der Waals surface area contributed by atoms with Crippen LogP contribution in [0.15, 0.2) is 12.1 Å². The zero-order valence-corrected chi connectivity index (χ0v) is 11.8. The molecule has 2 N–H and O–H groups in total. The molecule has 0 aliphatic heterocycles. The van der Waals surface area contributed by atoms with E-state index in [-0.39, 0.29) is 17.3 Å². The first kappa shape index (κ1) is 15.5. The number of rotatable bonds is 5. The summed E-state index contributed by atoms with van der Waals surface area (Å²) in [5, 5.41) is 22.8. The molecular formula is C13H14ClFN2O4. The molecule has 1 aliphatic rings. The zero-order chi connectivity index (χ0) is 15.6. The van der Waals surface area contributed by atoms with Gasteiger partial charge >= 0.3 is 5.97 Å². The first-order valence-electron chi connectivity index (χ1n) is 6.46. The van der Waals surface area contributed by atoms with E-state index in [0.29, 0.717) is 12.8 Å². The molecule has 6 nitrogen and oxygen atoms in total. The van der Waals surface area contributed by atoms with Gasteiger partial charge in [0.1, 0.15) is 11.5 Å². The molecular weight excluding hydrogens is 303 g/mol. The Kier molecular flexibility index (Phi) is 4.32. The number of nitro benzene ring substituents is 1. The molecule has 1 aliphatic carbocycles. The topological polar surface area (TPSA) is 92.5 Å². The van der Waals surface area contributed by atoms with Crippen LogP contribution in [0.2, 0.25) is 5.02 Å². The normalized spacial score (nSPS) is 16.7. The van der Waals surface area contributed by atoms with Gasteiger partial charge in [-0.05, 0) is 18.9 Å². The van der Waals surface area contributed by atoms with Gasteiger partial charge in [-0.2, -0.15) is 0 Å². The second-order valence-electron chi connectivity index (χ2n) is 5.19. The lowest BCUT2D eigenvalue weighted by molar-refractivity contribution is -0.384. The Morgan fingerprint density at radius 1 is 1.48 bits per heavy atom. The van der Waals surface area contributed by atoms with Crippen molar-refractivity contribution in [2.45, 2.75) is 25.7 Å². The van der Waals surface area contributed by atoms with E-state index in [4.69, 9.17) is 11.6 Å². The number of carboxylic acid groups (broad SMARTS) is 1. The van der Waals surface area contributed by atoms with Gasteiger partial charge in [0.05, 0.1) is 21.4 Å². The third kappa shape index (κ3) is 3.07. The summed E-state index contributed by atoms with van der Waals surface area (Å²) in [5.74, 6) is -1.81. The van der Waals surface area contributed by atoms with Crippen LogP contribution in [0.3, 0.4) is 0 Å². The third-order valence-corrected chi connectivity index (χ3v) is 4.16. The lowest BCUT2D eigenvalue weighted by Gasteiger charge is -2.24. The van der Waals surface area contributed by atoms with Crippen molar-refractivity contribution in [1.82, 2.24) is 0 Å². The number of benzene rings is 1. The molecule has 0 unspecified atom stereocenters. The maximum atomic E-state index is 13.3. The van der Waals surface area contributed by atoms with Gasteiger partial charge in [-0.15, -0.1) is 0 Å². The van der Waals surface area contributed by atoms with Crippen molar-refractivity contribution in [1.29, 1.82) is 0 Å². The van der Waals surface area contributed by atoms with Gasteiger partial charge < -0.3 is 10.4 Å². The molecule has 0 aromatic heterocycles. The monoisotopic (exact) mass is 316 g/mol. The van der Waals surface area contributed by atoms with Crippen LogP contribution in [-0.4, -0.2) is 22.5 Å². The van der Waals surface area contributed by atoms with E-state index in [1.54, 1.807) is 0 Å². The summed E-state index contributed by atoms with van der Waals surface area (Å²) >= 11 is 5.63. The summed E-state index contributed by atoms with van der Waals surface area (Å²) < 4.78 is 13.3. The van der Waals surface area contributed by atoms with E-state index in [1.807, 2.05) is 0 Å². The van der Waals surface area contributed by atoms with Gasteiger partial charge in [-0.1, -0.05) is 24.4 Å². The van der Waals surface area contributed by atoms with E-state index in [2.05, 4.69) is 5.32 Å². The van der Waals surface area contributed by atoms with Gasteiger partial charge in [0, 0.05) is 6.54 Å². The molecule has 0 spiro atoms. The number of nitrogens with one attached hydrogen (secondary N) is 1. The molecule has 1 fully saturated rings. The lowest BCUT2D eigenvalue weighted by Crippen LogP contribution is -2.35. The minimum atomic E-state index is -0.936. The highest BCUT2D eigenvalue weighted by Gasteiger charge is 2.41. The first-order chi connectivity index (χ1) is 9.85. The fraction of sp³-hybridized carbons (Fsp3) is 0.462. The quantitative estimate of drug-likeness (QED) is 0.641. The highest BCUT2D eigenvalue weighted by Crippen LogP contribution is 2.39. The van der Waals surface area contributed by atoms with Crippen LogP contribution < -0.4 is 5.32 Å². The SMILES string of the molecule is O=C(O)C1(CNc2cc(Cl)c(F)cc2[N+](=O)[O-])CCCC1. The third-order valence-electron chi connectivity index (χ3n) is 3.87. The Morgan fingerprint density at radius 2 is 2.10 bits per heavy atom. The van der Waals surface area contributed by atoms with Crippen molar-refractivity contribution in [3.8, 4) is 0 Å². The summed E-state index contributed by atoms with van der Waals surface area (Å²) in [7, 11) is 0. The van der Waals surface area contributed by atoms with Crippen molar-refractivity contribution in [3.63, 3.8) is 0 Å². The minimum absolute atomic E-state index is 0.0268. The largest absolute Gasteiger partial charge is 0.481 e. The number of hydrogen-bond acceptors (Lipinski definition) is 4. The average Bonchev–Trinajstić information content (AvgIpc) is 2.89. The summed E-state index contributed by atoms with van der Waals surface area (Å²) in [6, 6.07) is 1.84. The van der Waals surface area contributed by atoms with Crippen molar-refractivity contribution >= 4 is 28.9 Å².